The first-order valence-electron chi connectivity index (χ1n) is 14.3. The van der Waals surface area contributed by atoms with Crippen LogP contribution in [0.5, 0.6) is 0 Å². The number of methoxy groups -OCH3 is 1. The second kappa shape index (κ2) is 14.1. The Morgan fingerprint density at radius 2 is 1.78 bits per heavy atom. The third kappa shape index (κ3) is 7.21. The van der Waals surface area contributed by atoms with E-state index >= 15 is 0 Å². The van der Waals surface area contributed by atoms with Gasteiger partial charge in [-0.3, -0.25) is 9.59 Å². The van der Waals surface area contributed by atoms with Crippen molar-refractivity contribution in [1.82, 2.24) is 5.32 Å². The Balaban J connectivity index is 1.47. The van der Waals surface area contributed by atoms with Crippen LogP contribution in [0.4, 0.5) is 11.4 Å². The number of anilines is 2. The molecule has 204 valence electrons. The van der Waals surface area contributed by atoms with Crippen LogP contribution in [0, 0.1) is 11.8 Å². The van der Waals surface area contributed by atoms with Crippen LogP contribution in [-0.4, -0.2) is 53.0 Å². The van der Waals surface area contributed by atoms with Crippen molar-refractivity contribution >= 4 is 11.4 Å². The van der Waals surface area contributed by atoms with Crippen molar-refractivity contribution in [2.45, 2.75) is 69.9 Å². The van der Waals surface area contributed by atoms with Crippen LogP contribution < -0.4 is 26.4 Å². The fourth-order valence-corrected chi connectivity index (χ4v) is 6.31. The van der Waals surface area contributed by atoms with Crippen molar-refractivity contribution in [2.75, 3.05) is 57.2 Å². The highest BCUT2D eigenvalue weighted by molar-refractivity contribution is 5.75. The minimum Gasteiger partial charge on any atom is -0.385 e. The second-order valence-corrected chi connectivity index (χ2v) is 10.9. The van der Waals surface area contributed by atoms with Crippen LogP contribution in [-0.2, 0) is 9.47 Å². The molecule has 2 aromatic rings. The molecule has 2 aliphatic rings. The first-order chi connectivity index (χ1) is 18.1. The quantitative estimate of drug-likeness (QED) is 0.290. The third-order valence-corrected chi connectivity index (χ3v) is 8.15. The highest BCUT2D eigenvalue weighted by Gasteiger charge is 2.34. The van der Waals surface area contributed by atoms with Crippen molar-refractivity contribution in [3.63, 3.8) is 0 Å². The number of hydrogen-bond acceptors (Lipinski definition) is 7. The monoisotopic (exact) mass is 511 g/mol. The SMILES string of the molecule is CNCC(CC1CCCCC1)Nc1c(N2CCCC([C@@H](OCCCOC)c3ccccc3)C2)c(=O)c1=O. The molecule has 3 atom stereocenters. The maximum Gasteiger partial charge on any atom is 0.253 e. The Labute approximate surface area is 221 Å². The summed E-state index contributed by atoms with van der Waals surface area (Å²) in [5.41, 5.74) is 1.57. The van der Waals surface area contributed by atoms with Crippen LogP contribution in [0.3, 0.4) is 0 Å². The van der Waals surface area contributed by atoms with Gasteiger partial charge in [-0.05, 0) is 44.2 Å². The van der Waals surface area contributed by atoms with Crippen LogP contribution >= 0.6 is 0 Å². The summed E-state index contributed by atoms with van der Waals surface area (Å²) in [6, 6.07) is 10.5. The zero-order valence-electron chi connectivity index (χ0n) is 22.7. The third-order valence-electron chi connectivity index (χ3n) is 8.15. The van der Waals surface area contributed by atoms with Gasteiger partial charge in [0.25, 0.3) is 10.9 Å². The molecule has 1 heterocycles. The summed E-state index contributed by atoms with van der Waals surface area (Å²) in [6.07, 6.45) is 10.3. The van der Waals surface area contributed by atoms with Gasteiger partial charge in [-0.15, -0.1) is 0 Å². The first-order valence-corrected chi connectivity index (χ1v) is 14.3. The summed E-state index contributed by atoms with van der Waals surface area (Å²) in [5, 5.41) is 6.79. The highest BCUT2D eigenvalue weighted by atomic mass is 16.5. The molecule has 4 rings (SSSR count). The molecule has 0 spiro atoms. The van der Waals surface area contributed by atoms with Crippen molar-refractivity contribution in [3.05, 3.63) is 56.3 Å². The molecule has 1 saturated carbocycles. The summed E-state index contributed by atoms with van der Waals surface area (Å²) in [5.74, 6) is 0.932. The van der Waals surface area contributed by atoms with E-state index in [2.05, 4.69) is 27.7 Å². The average Bonchev–Trinajstić information content (AvgIpc) is 2.94. The normalized spacial score (nSPS) is 20.7. The minimum absolute atomic E-state index is 0.0490. The number of piperidine rings is 1. The van der Waals surface area contributed by atoms with Gasteiger partial charge in [-0.2, -0.15) is 0 Å². The first kappa shape index (κ1) is 27.8. The Bertz CT molecular complexity index is 1010. The second-order valence-electron chi connectivity index (χ2n) is 10.9. The van der Waals surface area contributed by atoms with Gasteiger partial charge in [0.2, 0.25) is 0 Å². The zero-order valence-corrected chi connectivity index (χ0v) is 22.7. The molecule has 0 bridgehead atoms. The number of hydrogen-bond donors (Lipinski definition) is 2. The predicted molar refractivity (Wildman–Crippen MR) is 150 cm³/mol. The number of ether oxygens (including phenoxy) is 2. The average molecular weight is 512 g/mol. The van der Waals surface area contributed by atoms with E-state index in [0.29, 0.717) is 37.1 Å². The minimum atomic E-state index is -0.364. The molecule has 7 heteroatoms. The number of likely N-dealkylation sites (N-methyl/N-ethyl adjacent to an activating group) is 1. The van der Waals surface area contributed by atoms with Crippen molar-refractivity contribution in [2.24, 2.45) is 11.8 Å². The number of nitrogens with one attached hydrogen (secondary N) is 2. The van der Waals surface area contributed by atoms with Crippen molar-refractivity contribution in [3.8, 4) is 0 Å². The molecule has 2 unspecified atom stereocenters. The van der Waals surface area contributed by atoms with Crippen LogP contribution in [0.15, 0.2) is 39.9 Å². The van der Waals surface area contributed by atoms with Gasteiger partial charge in [-0.25, -0.2) is 0 Å². The van der Waals surface area contributed by atoms with E-state index in [1.165, 1.54) is 32.1 Å². The zero-order chi connectivity index (χ0) is 26.0. The summed E-state index contributed by atoms with van der Waals surface area (Å²) < 4.78 is 11.6. The molecule has 2 fully saturated rings. The summed E-state index contributed by atoms with van der Waals surface area (Å²) in [4.78, 5) is 27.7. The van der Waals surface area contributed by atoms with Gasteiger partial charge in [0, 0.05) is 51.9 Å². The van der Waals surface area contributed by atoms with Crippen molar-refractivity contribution < 1.29 is 9.47 Å². The number of rotatable bonds is 14. The molecular weight excluding hydrogens is 466 g/mol. The lowest BCUT2D eigenvalue weighted by molar-refractivity contribution is -0.00235. The van der Waals surface area contributed by atoms with Gasteiger partial charge in [0.05, 0.1) is 6.10 Å². The molecule has 1 saturated heterocycles. The topological polar surface area (TPSA) is 79.9 Å². The van der Waals surface area contributed by atoms with E-state index in [9.17, 15) is 9.59 Å². The molecule has 0 amide bonds. The molecule has 1 aliphatic heterocycles. The van der Waals surface area contributed by atoms with Gasteiger partial charge in [0.1, 0.15) is 11.4 Å². The number of nitrogens with zero attached hydrogens (tertiary/aromatic N) is 1. The molecule has 0 aromatic heterocycles. The largest absolute Gasteiger partial charge is 0.385 e. The number of benzene rings is 1. The van der Waals surface area contributed by atoms with E-state index in [0.717, 1.165) is 44.3 Å². The van der Waals surface area contributed by atoms with E-state index in [-0.39, 0.29) is 28.9 Å². The van der Waals surface area contributed by atoms with Crippen LogP contribution in [0.1, 0.15) is 69.5 Å². The maximum atomic E-state index is 12.8. The van der Waals surface area contributed by atoms with E-state index in [1.807, 2.05) is 25.2 Å². The molecule has 37 heavy (non-hydrogen) atoms. The molecule has 1 aliphatic carbocycles. The fourth-order valence-electron chi connectivity index (χ4n) is 6.31. The van der Waals surface area contributed by atoms with E-state index in [4.69, 9.17) is 9.47 Å². The predicted octanol–water partition coefficient (Wildman–Crippen LogP) is 4.26. The van der Waals surface area contributed by atoms with Crippen LogP contribution in [0.25, 0.3) is 0 Å². The van der Waals surface area contributed by atoms with Crippen LogP contribution in [0.2, 0.25) is 0 Å². The van der Waals surface area contributed by atoms with Gasteiger partial charge >= 0.3 is 0 Å². The summed E-state index contributed by atoms with van der Waals surface area (Å²) in [6.45, 7) is 3.58. The lowest BCUT2D eigenvalue weighted by Gasteiger charge is -2.39. The van der Waals surface area contributed by atoms with E-state index < -0.39 is 0 Å². The summed E-state index contributed by atoms with van der Waals surface area (Å²) >= 11 is 0. The van der Waals surface area contributed by atoms with Gasteiger partial charge in [-0.1, -0.05) is 62.4 Å². The molecule has 2 N–H and O–H groups in total. The molecular formula is C30H45N3O4. The lowest BCUT2D eigenvalue weighted by Crippen LogP contribution is -2.49. The Hall–Kier alpha value is -2.22. The summed E-state index contributed by atoms with van der Waals surface area (Å²) in [7, 11) is 3.66. The van der Waals surface area contributed by atoms with E-state index in [1.54, 1.807) is 7.11 Å². The molecule has 0 radical (unpaired) electrons. The Kier molecular flexibility index (Phi) is 10.6. The molecule has 7 nitrogen and oxygen atoms in total. The van der Waals surface area contributed by atoms with Gasteiger partial charge in [0.15, 0.2) is 0 Å². The smallest absolute Gasteiger partial charge is 0.253 e. The maximum absolute atomic E-state index is 12.8. The molecule has 2 aromatic carbocycles. The van der Waals surface area contributed by atoms with Gasteiger partial charge < -0.3 is 25.0 Å². The highest BCUT2D eigenvalue weighted by Crippen LogP contribution is 2.36. The lowest BCUT2D eigenvalue weighted by atomic mass is 9.84. The Morgan fingerprint density at radius 1 is 1.00 bits per heavy atom. The standard InChI is InChI=1S/C30H45N3O4/c1-31-20-25(19-22-11-5-3-6-12-22)32-26-27(29(35)28(26)34)33-16-9-15-24(21-33)30(37-18-10-17-36-2)23-13-7-4-8-14-23/h4,7-8,13-14,22,24-25,30-32H,3,5-6,9-12,15-21H2,1-2H3/t24?,25?,30-/m0/s1. The Morgan fingerprint density at radius 3 is 2.51 bits per heavy atom. The fraction of sp³-hybridized carbons (Fsp3) is 0.667. The van der Waals surface area contributed by atoms with Crippen molar-refractivity contribution in [1.29, 1.82) is 0 Å².